The maximum absolute atomic E-state index is 4.33. The zero-order valence-electron chi connectivity index (χ0n) is 10.4. The molecule has 20 heavy (non-hydrogen) atoms. The van der Waals surface area contributed by atoms with Crippen LogP contribution in [0.3, 0.4) is 0 Å². The summed E-state index contributed by atoms with van der Waals surface area (Å²) in [6.07, 6.45) is 6.13. The summed E-state index contributed by atoms with van der Waals surface area (Å²) < 4.78 is 0. The summed E-state index contributed by atoms with van der Waals surface area (Å²) in [6.45, 7) is 0. The predicted octanol–water partition coefficient (Wildman–Crippen LogP) is 3.73. The van der Waals surface area contributed by atoms with E-state index in [-0.39, 0.29) is 0 Å². The molecule has 2 aromatic heterocycles. The van der Waals surface area contributed by atoms with E-state index in [0.29, 0.717) is 0 Å². The summed E-state index contributed by atoms with van der Waals surface area (Å²) in [5.74, 6) is 0.830. The number of nitrogens with zero attached hydrogens (tertiary/aromatic N) is 3. The number of hydrogen-bond donors (Lipinski definition) is 1. The van der Waals surface area contributed by atoms with E-state index in [9.17, 15) is 0 Å². The summed E-state index contributed by atoms with van der Waals surface area (Å²) in [7, 11) is 0. The normalized spacial score (nSPS) is 12.4. The molecule has 6 heteroatoms. The topological polar surface area (TPSA) is 50.7 Å². The minimum atomic E-state index is 0.830. The van der Waals surface area contributed by atoms with Crippen molar-refractivity contribution in [3.05, 3.63) is 52.7 Å². The minimum Gasteiger partial charge on any atom is -0.337 e. The van der Waals surface area contributed by atoms with Gasteiger partial charge in [0.05, 0.1) is 10.7 Å². The van der Waals surface area contributed by atoms with Gasteiger partial charge >= 0.3 is 0 Å². The molecule has 1 aliphatic heterocycles. The van der Waals surface area contributed by atoms with Gasteiger partial charge in [0.2, 0.25) is 0 Å². The summed E-state index contributed by atoms with van der Waals surface area (Å²) >= 11 is 3.33. The molecule has 0 aliphatic carbocycles. The first-order valence-electron chi connectivity index (χ1n) is 6.16. The Hall–Kier alpha value is -1.92. The Kier molecular flexibility index (Phi) is 2.90. The second-order valence-electron chi connectivity index (χ2n) is 4.37. The number of thiazole rings is 1. The molecule has 0 atom stereocenters. The van der Waals surface area contributed by atoms with Crippen molar-refractivity contribution in [1.82, 2.24) is 15.0 Å². The van der Waals surface area contributed by atoms with Crippen LogP contribution in [-0.2, 0) is 6.42 Å². The standard InChI is InChI=1S/C14H10N4S2/c1-2-11-10(7-9(1)8-12-15-5-6-19-12)18-13-14(20-11)17-4-3-16-13/h1-7H,8H2,(H,16,18). The molecular formula is C14H10N4S2. The summed E-state index contributed by atoms with van der Waals surface area (Å²) in [5.41, 5.74) is 2.34. The highest BCUT2D eigenvalue weighted by Gasteiger charge is 2.17. The molecule has 3 aromatic rings. The second kappa shape index (κ2) is 4.88. The van der Waals surface area contributed by atoms with Crippen molar-refractivity contribution in [1.29, 1.82) is 0 Å². The number of benzene rings is 1. The summed E-state index contributed by atoms with van der Waals surface area (Å²) in [5, 5.41) is 7.41. The van der Waals surface area contributed by atoms with Crippen LogP contribution in [0.5, 0.6) is 0 Å². The first kappa shape index (κ1) is 11.9. The number of aromatic nitrogens is 3. The van der Waals surface area contributed by atoms with Crippen molar-refractivity contribution >= 4 is 34.6 Å². The van der Waals surface area contributed by atoms with Gasteiger partial charge in [0.1, 0.15) is 5.03 Å². The molecule has 4 nitrogen and oxygen atoms in total. The molecule has 0 radical (unpaired) electrons. The van der Waals surface area contributed by atoms with Crippen molar-refractivity contribution in [3.63, 3.8) is 0 Å². The van der Waals surface area contributed by atoms with Crippen molar-refractivity contribution in [3.8, 4) is 0 Å². The van der Waals surface area contributed by atoms with Gasteiger partial charge in [-0.15, -0.1) is 11.3 Å². The number of anilines is 2. The predicted molar refractivity (Wildman–Crippen MR) is 80.8 cm³/mol. The van der Waals surface area contributed by atoms with Crippen LogP contribution in [-0.4, -0.2) is 15.0 Å². The smallest absolute Gasteiger partial charge is 0.163 e. The van der Waals surface area contributed by atoms with Crippen LogP contribution < -0.4 is 5.32 Å². The molecule has 0 fully saturated rings. The Morgan fingerprint density at radius 3 is 2.90 bits per heavy atom. The zero-order valence-corrected chi connectivity index (χ0v) is 12.0. The monoisotopic (exact) mass is 298 g/mol. The van der Waals surface area contributed by atoms with Crippen molar-refractivity contribution < 1.29 is 0 Å². The van der Waals surface area contributed by atoms with Gasteiger partial charge in [-0.05, 0) is 17.7 Å². The molecule has 3 heterocycles. The molecule has 1 aliphatic rings. The molecule has 1 N–H and O–H groups in total. The maximum atomic E-state index is 4.33. The SMILES string of the molecule is c1csc(Cc2ccc3c(c2)Nc2nccnc2S3)n1. The van der Waals surface area contributed by atoms with Crippen molar-refractivity contribution in [2.45, 2.75) is 16.3 Å². The molecular weight excluding hydrogens is 288 g/mol. The van der Waals surface area contributed by atoms with Crippen LogP contribution in [0.4, 0.5) is 11.5 Å². The largest absolute Gasteiger partial charge is 0.337 e. The molecule has 0 unspecified atom stereocenters. The third kappa shape index (κ3) is 2.17. The van der Waals surface area contributed by atoms with E-state index in [1.807, 2.05) is 11.6 Å². The van der Waals surface area contributed by atoms with Crippen LogP contribution in [0.15, 0.2) is 52.1 Å². The Bertz CT molecular complexity index is 756. The minimum absolute atomic E-state index is 0.830. The molecule has 98 valence electrons. The Balaban J connectivity index is 1.66. The Morgan fingerprint density at radius 2 is 2.00 bits per heavy atom. The number of hydrogen-bond acceptors (Lipinski definition) is 6. The van der Waals surface area contributed by atoms with Crippen LogP contribution >= 0.6 is 23.1 Å². The quantitative estimate of drug-likeness (QED) is 0.611. The highest BCUT2D eigenvalue weighted by molar-refractivity contribution is 7.99. The lowest BCUT2D eigenvalue weighted by Crippen LogP contribution is -2.04. The maximum Gasteiger partial charge on any atom is 0.163 e. The average molecular weight is 298 g/mol. The van der Waals surface area contributed by atoms with E-state index >= 15 is 0 Å². The van der Waals surface area contributed by atoms with Gasteiger partial charge in [-0.2, -0.15) is 0 Å². The van der Waals surface area contributed by atoms with E-state index in [1.54, 1.807) is 35.5 Å². The number of fused-ring (bicyclic) bond motifs is 2. The lowest BCUT2D eigenvalue weighted by Gasteiger charge is -2.19. The summed E-state index contributed by atoms with van der Waals surface area (Å²) in [4.78, 5) is 14.2. The highest BCUT2D eigenvalue weighted by Crippen LogP contribution is 2.42. The van der Waals surface area contributed by atoms with E-state index in [1.165, 1.54) is 10.5 Å². The van der Waals surface area contributed by atoms with Crippen LogP contribution in [0.2, 0.25) is 0 Å². The second-order valence-corrected chi connectivity index (χ2v) is 6.38. The van der Waals surface area contributed by atoms with E-state index < -0.39 is 0 Å². The number of rotatable bonds is 2. The van der Waals surface area contributed by atoms with Crippen LogP contribution in [0, 0.1) is 0 Å². The summed E-state index contributed by atoms with van der Waals surface area (Å²) in [6, 6.07) is 6.45. The molecule has 0 saturated carbocycles. The highest BCUT2D eigenvalue weighted by atomic mass is 32.2. The van der Waals surface area contributed by atoms with Gasteiger partial charge in [0, 0.05) is 35.3 Å². The van der Waals surface area contributed by atoms with Crippen molar-refractivity contribution in [2.24, 2.45) is 0 Å². The van der Waals surface area contributed by atoms with Crippen LogP contribution in [0.1, 0.15) is 10.6 Å². The fraction of sp³-hybridized carbons (Fsp3) is 0.0714. The van der Waals surface area contributed by atoms with Gasteiger partial charge in [-0.1, -0.05) is 17.8 Å². The van der Waals surface area contributed by atoms with E-state index in [0.717, 1.165) is 28.0 Å². The molecule has 0 amide bonds. The van der Waals surface area contributed by atoms with E-state index in [4.69, 9.17) is 0 Å². The third-order valence-electron chi connectivity index (χ3n) is 3.01. The fourth-order valence-corrected chi connectivity index (χ4v) is 3.63. The van der Waals surface area contributed by atoms with Gasteiger partial charge < -0.3 is 5.32 Å². The average Bonchev–Trinajstić information content (AvgIpc) is 2.98. The molecule has 0 spiro atoms. The lowest BCUT2D eigenvalue weighted by atomic mass is 10.1. The Labute approximate surface area is 124 Å². The van der Waals surface area contributed by atoms with Gasteiger partial charge in [0.25, 0.3) is 0 Å². The van der Waals surface area contributed by atoms with Gasteiger partial charge in [-0.25, -0.2) is 15.0 Å². The van der Waals surface area contributed by atoms with Gasteiger partial charge in [0.15, 0.2) is 5.82 Å². The van der Waals surface area contributed by atoms with Gasteiger partial charge in [-0.3, -0.25) is 0 Å². The molecule has 0 bridgehead atoms. The van der Waals surface area contributed by atoms with Crippen LogP contribution in [0.25, 0.3) is 0 Å². The van der Waals surface area contributed by atoms with E-state index in [2.05, 4.69) is 38.5 Å². The first-order chi connectivity index (χ1) is 9.88. The first-order valence-corrected chi connectivity index (χ1v) is 7.85. The van der Waals surface area contributed by atoms with Crippen molar-refractivity contribution in [2.75, 3.05) is 5.32 Å². The molecule has 0 saturated heterocycles. The third-order valence-corrected chi connectivity index (χ3v) is 4.85. The molecule has 4 rings (SSSR count). The lowest BCUT2D eigenvalue weighted by molar-refractivity contribution is 1.04. The fourth-order valence-electron chi connectivity index (χ4n) is 2.11. The zero-order chi connectivity index (χ0) is 13.4. The molecule has 1 aromatic carbocycles. The Morgan fingerprint density at radius 1 is 1.05 bits per heavy atom. The number of nitrogens with one attached hydrogen (secondary N) is 1.